The molecule has 27 heavy (non-hydrogen) atoms. The summed E-state index contributed by atoms with van der Waals surface area (Å²) >= 11 is 0. The first-order valence-electron chi connectivity index (χ1n) is 8.38. The molecule has 7 nitrogen and oxygen atoms in total. The number of hydrogen-bond donors (Lipinski definition) is 1. The fourth-order valence-electron chi connectivity index (χ4n) is 2.35. The molecule has 0 bridgehead atoms. The number of methoxy groups -OCH3 is 2. The van der Waals surface area contributed by atoms with E-state index in [4.69, 9.17) is 24.2 Å². The van der Waals surface area contributed by atoms with Gasteiger partial charge < -0.3 is 24.3 Å². The van der Waals surface area contributed by atoms with Gasteiger partial charge in [-0.3, -0.25) is 4.79 Å². The molecule has 7 heteroatoms. The summed E-state index contributed by atoms with van der Waals surface area (Å²) < 4.78 is 21.4. The van der Waals surface area contributed by atoms with E-state index in [1.807, 2.05) is 19.1 Å². The summed E-state index contributed by atoms with van der Waals surface area (Å²) in [4.78, 5) is 12.1. The standard InChI is InChI=1S/C20H22N2O5/c1-4-26-19-9-14(11-21)5-8-17(19)27-13-20(23)22-12-15-6-7-16(24-2)18(10-15)25-3/h5-10H,4,12-13H2,1-3H3,(H,22,23). The van der Waals surface area contributed by atoms with Crippen LogP contribution in [0.3, 0.4) is 0 Å². The van der Waals surface area contributed by atoms with Crippen LogP contribution in [0.25, 0.3) is 0 Å². The van der Waals surface area contributed by atoms with Crippen molar-refractivity contribution in [2.45, 2.75) is 13.5 Å². The van der Waals surface area contributed by atoms with Crippen LogP contribution in [-0.2, 0) is 11.3 Å². The van der Waals surface area contributed by atoms with Crippen LogP contribution in [0.15, 0.2) is 36.4 Å². The number of carbonyl (C=O) groups is 1. The van der Waals surface area contributed by atoms with E-state index in [1.165, 1.54) is 0 Å². The highest BCUT2D eigenvalue weighted by Crippen LogP contribution is 2.29. The van der Waals surface area contributed by atoms with Gasteiger partial charge in [0, 0.05) is 12.6 Å². The molecule has 1 N–H and O–H groups in total. The molecular weight excluding hydrogens is 348 g/mol. The lowest BCUT2D eigenvalue weighted by Crippen LogP contribution is -2.28. The molecule has 0 unspecified atom stereocenters. The molecule has 0 spiro atoms. The van der Waals surface area contributed by atoms with Gasteiger partial charge in [0.25, 0.3) is 5.91 Å². The third kappa shape index (κ3) is 5.54. The maximum Gasteiger partial charge on any atom is 0.258 e. The Balaban J connectivity index is 1.92. The van der Waals surface area contributed by atoms with Gasteiger partial charge in [0.1, 0.15) is 0 Å². The number of nitrogens with zero attached hydrogens (tertiary/aromatic N) is 1. The first-order valence-corrected chi connectivity index (χ1v) is 8.38. The summed E-state index contributed by atoms with van der Waals surface area (Å²) in [5.41, 5.74) is 1.33. The Morgan fingerprint density at radius 2 is 1.74 bits per heavy atom. The Hall–Kier alpha value is -3.40. The summed E-state index contributed by atoms with van der Waals surface area (Å²) in [6.07, 6.45) is 0. The van der Waals surface area contributed by atoms with Crippen LogP contribution in [0.5, 0.6) is 23.0 Å². The van der Waals surface area contributed by atoms with Gasteiger partial charge in [-0.15, -0.1) is 0 Å². The number of hydrogen-bond acceptors (Lipinski definition) is 6. The molecule has 0 atom stereocenters. The van der Waals surface area contributed by atoms with E-state index in [0.29, 0.717) is 41.7 Å². The topological polar surface area (TPSA) is 89.8 Å². The van der Waals surface area contributed by atoms with Crippen molar-refractivity contribution in [3.63, 3.8) is 0 Å². The van der Waals surface area contributed by atoms with Crippen molar-refractivity contribution < 1.29 is 23.7 Å². The zero-order valence-corrected chi connectivity index (χ0v) is 15.6. The summed E-state index contributed by atoms with van der Waals surface area (Å²) in [5.74, 6) is 1.79. The van der Waals surface area contributed by atoms with Gasteiger partial charge in [-0.1, -0.05) is 6.07 Å². The largest absolute Gasteiger partial charge is 0.493 e. The van der Waals surface area contributed by atoms with E-state index in [1.54, 1.807) is 44.6 Å². The summed E-state index contributed by atoms with van der Waals surface area (Å²) in [7, 11) is 3.12. The molecule has 2 aromatic carbocycles. The zero-order chi connectivity index (χ0) is 19.6. The van der Waals surface area contributed by atoms with Crippen LogP contribution < -0.4 is 24.3 Å². The molecule has 1 amide bonds. The fraction of sp³-hybridized carbons (Fsp3) is 0.300. The Morgan fingerprint density at radius 3 is 2.41 bits per heavy atom. The minimum absolute atomic E-state index is 0.167. The Kier molecular flexibility index (Phi) is 7.32. The zero-order valence-electron chi connectivity index (χ0n) is 15.6. The van der Waals surface area contributed by atoms with Gasteiger partial charge >= 0.3 is 0 Å². The lowest BCUT2D eigenvalue weighted by molar-refractivity contribution is -0.123. The molecular formula is C20H22N2O5. The van der Waals surface area contributed by atoms with E-state index in [0.717, 1.165) is 5.56 Å². The third-order valence-corrected chi connectivity index (χ3v) is 3.67. The number of nitrogens with one attached hydrogen (secondary N) is 1. The minimum Gasteiger partial charge on any atom is -0.493 e. The molecule has 2 rings (SSSR count). The predicted octanol–water partition coefficient (Wildman–Crippen LogP) is 2.67. The van der Waals surface area contributed by atoms with Gasteiger partial charge in [-0.25, -0.2) is 0 Å². The van der Waals surface area contributed by atoms with Gasteiger partial charge in [-0.2, -0.15) is 5.26 Å². The Bertz CT molecular complexity index is 830. The molecule has 0 aliphatic carbocycles. The summed E-state index contributed by atoms with van der Waals surface area (Å²) in [6.45, 7) is 2.42. The highest BCUT2D eigenvalue weighted by atomic mass is 16.5. The first-order chi connectivity index (χ1) is 13.1. The quantitative estimate of drug-likeness (QED) is 0.730. The van der Waals surface area contributed by atoms with Crippen LogP contribution >= 0.6 is 0 Å². The predicted molar refractivity (Wildman–Crippen MR) is 99.2 cm³/mol. The van der Waals surface area contributed by atoms with Crippen molar-refractivity contribution in [2.24, 2.45) is 0 Å². The van der Waals surface area contributed by atoms with E-state index in [2.05, 4.69) is 5.32 Å². The number of benzene rings is 2. The highest BCUT2D eigenvalue weighted by molar-refractivity contribution is 5.77. The Morgan fingerprint density at radius 1 is 1.00 bits per heavy atom. The second kappa shape index (κ2) is 9.92. The van der Waals surface area contributed by atoms with Crippen molar-refractivity contribution in [3.8, 4) is 29.1 Å². The van der Waals surface area contributed by atoms with Crippen molar-refractivity contribution >= 4 is 5.91 Å². The lowest BCUT2D eigenvalue weighted by atomic mass is 10.2. The molecule has 0 aromatic heterocycles. The van der Waals surface area contributed by atoms with Gasteiger partial charge in [0.05, 0.1) is 32.5 Å². The van der Waals surface area contributed by atoms with Gasteiger partial charge in [0.15, 0.2) is 29.6 Å². The molecule has 0 saturated carbocycles. The monoisotopic (exact) mass is 370 g/mol. The summed E-state index contributed by atoms with van der Waals surface area (Å²) in [6, 6.07) is 12.3. The van der Waals surface area contributed by atoms with E-state index < -0.39 is 0 Å². The van der Waals surface area contributed by atoms with Crippen LogP contribution in [0.4, 0.5) is 0 Å². The second-order valence-electron chi connectivity index (χ2n) is 5.46. The van der Waals surface area contributed by atoms with Crippen molar-refractivity contribution in [3.05, 3.63) is 47.5 Å². The van der Waals surface area contributed by atoms with E-state index in [-0.39, 0.29) is 12.5 Å². The van der Waals surface area contributed by atoms with Gasteiger partial charge in [0.2, 0.25) is 0 Å². The minimum atomic E-state index is -0.281. The maximum absolute atomic E-state index is 12.1. The van der Waals surface area contributed by atoms with E-state index in [9.17, 15) is 4.79 Å². The number of nitriles is 1. The number of carbonyl (C=O) groups excluding carboxylic acids is 1. The highest BCUT2D eigenvalue weighted by Gasteiger charge is 2.10. The fourth-order valence-corrected chi connectivity index (χ4v) is 2.35. The van der Waals surface area contributed by atoms with Crippen molar-refractivity contribution in [1.29, 1.82) is 5.26 Å². The molecule has 142 valence electrons. The van der Waals surface area contributed by atoms with Crippen molar-refractivity contribution in [2.75, 3.05) is 27.4 Å². The van der Waals surface area contributed by atoms with E-state index >= 15 is 0 Å². The molecule has 0 radical (unpaired) electrons. The van der Waals surface area contributed by atoms with Crippen LogP contribution in [0.2, 0.25) is 0 Å². The average molecular weight is 370 g/mol. The molecule has 0 saturated heterocycles. The average Bonchev–Trinajstić information content (AvgIpc) is 2.71. The number of ether oxygens (including phenoxy) is 4. The molecule has 0 aliphatic heterocycles. The summed E-state index contributed by atoms with van der Waals surface area (Å²) in [5, 5.41) is 11.7. The van der Waals surface area contributed by atoms with Crippen LogP contribution in [-0.4, -0.2) is 33.3 Å². The number of amides is 1. The first kappa shape index (κ1) is 19.9. The number of rotatable bonds is 9. The van der Waals surface area contributed by atoms with Crippen LogP contribution in [0.1, 0.15) is 18.1 Å². The molecule has 0 heterocycles. The van der Waals surface area contributed by atoms with Crippen LogP contribution in [0, 0.1) is 11.3 Å². The SMILES string of the molecule is CCOc1cc(C#N)ccc1OCC(=O)NCc1ccc(OC)c(OC)c1. The smallest absolute Gasteiger partial charge is 0.258 e. The maximum atomic E-state index is 12.1. The van der Waals surface area contributed by atoms with Crippen molar-refractivity contribution in [1.82, 2.24) is 5.32 Å². The lowest BCUT2D eigenvalue weighted by Gasteiger charge is -2.13. The Labute approximate surface area is 158 Å². The third-order valence-electron chi connectivity index (χ3n) is 3.67. The normalized spacial score (nSPS) is 9.85. The molecule has 0 aliphatic rings. The molecule has 2 aromatic rings. The van der Waals surface area contributed by atoms with Gasteiger partial charge in [-0.05, 0) is 36.8 Å². The molecule has 0 fully saturated rings. The second-order valence-corrected chi connectivity index (χ2v) is 5.46.